The Morgan fingerprint density at radius 3 is 2.44 bits per heavy atom. The highest BCUT2D eigenvalue weighted by molar-refractivity contribution is 6.71. The maximum absolute atomic E-state index is 14.7. The molecule has 3 aliphatic rings. The zero-order valence-corrected chi connectivity index (χ0v) is 28.7. The minimum Gasteiger partial charge on any atom is -0.432 e. The van der Waals surface area contributed by atoms with Gasteiger partial charge in [-0.1, -0.05) is 72.8 Å². The van der Waals surface area contributed by atoms with Crippen LogP contribution in [0.25, 0.3) is 0 Å². The lowest BCUT2D eigenvalue weighted by Gasteiger charge is -2.32. The topological polar surface area (TPSA) is 121 Å². The quantitative estimate of drug-likeness (QED) is 0.230. The Balaban J connectivity index is 1.13. The number of amides is 2. The lowest BCUT2D eigenvalue weighted by molar-refractivity contribution is -0.146. The van der Waals surface area contributed by atoms with Gasteiger partial charge in [0.1, 0.15) is 0 Å². The van der Waals surface area contributed by atoms with E-state index < -0.39 is 13.9 Å². The highest BCUT2D eigenvalue weighted by Crippen LogP contribution is 2.59. The van der Waals surface area contributed by atoms with Crippen molar-refractivity contribution in [1.82, 2.24) is 15.0 Å². The van der Waals surface area contributed by atoms with Crippen LogP contribution in [-0.4, -0.2) is 64.3 Å². The molecule has 1 aromatic heterocycles. The van der Waals surface area contributed by atoms with Crippen molar-refractivity contribution >= 4 is 31.5 Å². The molecule has 5 atom stereocenters. The lowest BCUT2D eigenvalue weighted by Crippen LogP contribution is -2.46. The van der Waals surface area contributed by atoms with Crippen molar-refractivity contribution in [2.75, 3.05) is 23.0 Å². The van der Waals surface area contributed by atoms with Crippen LogP contribution in [0.3, 0.4) is 0 Å². The van der Waals surface area contributed by atoms with Crippen LogP contribution in [0.4, 0.5) is 11.4 Å². The molecule has 4 heterocycles. The molecular formula is C37H43N5O5Si. The number of aliphatic hydroxyl groups is 1. The Bertz CT molecular complexity index is 1790. The molecule has 2 saturated heterocycles. The molecular weight excluding hydrogens is 623 g/mol. The first kappa shape index (κ1) is 32.4. The molecule has 1 spiro atoms. The van der Waals surface area contributed by atoms with Crippen molar-refractivity contribution in [3.8, 4) is 0 Å². The number of rotatable bonds is 10. The van der Waals surface area contributed by atoms with Crippen molar-refractivity contribution < 1.29 is 24.2 Å². The molecule has 11 heteroatoms. The summed E-state index contributed by atoms with van der Waals surface area (Å²) in [6, 6.07) is 25.5. The van der Waals surface area contributed by atoms with E-state index in [-0.39, 0.29) is 41.9 Å². The molecule has 0 saturated carbocycles. The summed E-state index contributed by atoms with van der Waals surface area (Å²) in [5.74, 6) is -0.511. The summed E-state index contributed by atoms with van der Waals surface area (Å²) in [5.41, 5.74) is 3.73. The van der Waals surface area contributed by atoms with E-state index in [9.17, 15) is 19.5 Å². The first-order chi connectivity index (χ1) is 23.1. The van der Waals surface area contributed by atoms with Crippen LogP contribution >= 0.6 is 0 Å². The smallest absolute Gasteiger partial charge is 0.264 e. The van der Waals surface area contributed by atoms with Gasteiger partial charge in [-0.15, -0.1) is 5.10 Å². The number of aryl methyl sites for hydroxylation is 1. The van der Waals surface area contributed by atoms with Crippen LogP contribution in [0.15, 0.2) is 85.1 Å². The van der Waals surface area contributed by atoms with Gasteiger partial charge >= 0.3 is 0 Å². The maximum Gasteiger partial charge on any atom is 0.264 e. The second-order valence-corrected chi connectivity index (χ2v) is 17.9. The van der Waals surface area contributed by atoms with E-state index in [0.29, 0.717) is 31.6 Å². The van der Waals surface area contributed by atoms with Gasteiger partial charge in [-0.3, -0.25) is 14.3 Å². The van der Waals surface area contributed by atoms with Crippen LogP contribution in [0.2, 0.25) is 18.6 Å². The third-order valence-corrected chi connectivity index (χ3v) is 13.0. The number of hydrogen-bond donors (Lipinski definition) is 2. The SMILES string of the molecule is C[C@@H]1[C@@H]([Si](C)(C)O)[C@H](CCn2cc(C(CO)c3ccccc3)nn2)O[C@@]12C(=O)N(Cc1ccc(N3CCCC3=O)cc1)c1ccccc12. The number of carbonyl (C=O) groups excluding carboxylic acids is 2. The Kier molecular flexibility index (Phi) is 8.57. The van der Waals surface area contributed by atoms with E-state index in [0.717, 1.165) is 41.0 Å². The van der Waals surface area contributed by atoms with E-state index in [1.54, 1.807) is 4.68 Å². The molecule has 7 rings (SSSR count). The van der Waals surface area contributed by atoms with E-state index in [1.807, 2.05) is 108 Å². The molecule has 3 aliphatic heterocycles. The number of carbonyl (C=O) groups is 2. The molecule has 4 aromatic rings. The summed E-state index contributed by atoms with van der Waals surface area (Å²) >= 11 is 0. The fourth-order valence-electron chi connectivity index (χ4n) is 8.24. The van der Waals surface area contributed by atoms with Gasteiger partial charge in [-0.2, -0.15) is 0 Å². The van der Waals surface area contributed by atoms with Crippen LogP contribution < -0.4 is 9.80 Å². The normalized spacial score (nSPS) is 24.6. The van der Waals surface area contributed by atoms with Crippen LogP contribution in [-0.2, 0) is 33.0 Å². The molecule has 0 bridgehead atoms. The lowest BCUT2D eigenvalue weighted by atomic mass is 9.82. The van der Waals surface area contributed by atoms with Crippen molar-refractivity contribution in [1.29, 1.82) is 0 Å². The zero-order valence-electron chi connectivity index (χ0n) is 27.7. The number of fused-ring (bicyclic) bond motifs is 2. The monoisotopic (exact) mass is 665 g/mol. The van der Waals surface area contributed by atoms with Gasteiger partial charge in [0.05, 0.1) is 36.6 Å². The highest BCUT2D eigenvalue weighted by Gasteiger charge is 2.66. The van der Waals surface area contributed by atoms with Gasteiger partial charge in [-0.25, -0.2) is 0 Å². The van der Waals surface area contributed by atoms with Crippen molar-refractivity contribution in [3.63, 3.8) is 0 Å². The van der Waals surface area contributed by atoms with E-state index >= 15 is 0 Å². The number of anilines is 2. The van der Waals surface area contributed by atoms with Crippen molar-refractivity contribution in [2.45, 2.75) is 75.5 Å². The van der Waals surface area contributed by atoms with Gasteiger partial charge in [0.15, 0.2) is 13.9 Å². The summed E-state index contributed by atoms with van der Waals surface area (Å²) in [5, 5.41) is 18.9. The number of benzene rings is 3. The van der Waals surface area contributed by atoms with E-state index in [1.165, 1.54) is 0 Å². The Morgan fingerprint density at radius 1 is 1.02 bits per heavy atom. The number of hydrogen-bond acceptors (Lipinski definition) is 7. The summed E-state index contributed by atoms with van der Waals surface area (Å²) in [4.78, 5) is 42.2. The fourth-order valence-corrected chi connectivity index (χ4v) is 10.8. The molecule has 2 fully saturated rings. The van der Waals surface area contributed by atoms with Gasteiger partial charge < -0.3 is 24.4 Å². The predicted molar refractivity (Wildman–Crippen MR) is 185 cm³/mol. The fraction of sp³-hybridized carbons (Fsp3) is 0.405. The average molecular weight is 666 g/mol. The molecule has 3 aromatic carbocycles. The molecule has 0 aliphatic carbocycles. The van der Waals surface area contributed by atoms with Crippen LogP contribution in [0.5, 0.6) is 0 Å². The van der Waals surface area contributed by atoms with Crippen LogP contribution in [0, 0.1) is 5.92 Å². The molecule has 2 N–H and O–H groups in total. The van der Waals surface area contributed by atoms with Gasteiger partial charge in [0.25, 0.3) is 5.91 Å². The Labute approximate surface area is 282 Å². The zero-order chi connectivity index (χ0) is 33.6. The minimum absolute atomic E-state index is 0.0822. The maximum atomic E-state index is 14.7. The first-order valence-electron chi connectivity index (χ1n) is 16.9. The third kappa shape index (κ3) is 5.58. The van der Waals surface area contributed by atoms with E-state index in [2.05, 4.69) is 17.2 Å². The molecule has 1 unspecified atom stereocenters. The molecule has 250 valence electrons. The minimum atomic E-state index is -2.82. The summed E-state index contributed by atoms with van der Waals surface area (Å²) in [7, 11) is -2.82. The summed E-state index contributed by atoms with van der Waals surface area (Å²) in [6.07, 6.45) is 3.47. The number of aromatic nitrogens is 3. The highest BCUT2D eigenvalue weighted by atomic mass is 28.4. The van der Waals surface area contributed by atoms with Crippen molar-refractivity contribution in [2.24, 2.45) is 5.92 Å². The van der Waals surface area contributed by atoms with Crippen molar-refractivity contribution in [3.05, 3.63) is 107 Å². The number of para-hydroxylation sites is 1. The molecule has 48 heavy (non-hydrogen) atoms. The standard InChI is InChI=1S/C37H43N5O5Si/c1-25-35(48(2,3)46)33(19-21-40-23-31(38-39-40)29(24-43)27-10-5-4-6-11-27)47-37(25)30-12-7-8-13-32(30)42(36(37)45)22-26-15-17-28(18-16-26)41-20-9-14-34(41)44/h4-8,10-13,15-18,23,25,29,33,35,43,46H,9,14,19-22,24H2,1-3H3/t25-,29?,33+,35-,37+/m1/s1. The Hall–Kier alpha value is -4.16. The van der Waals surface area contributed by atoms with E-state index in [4.69, 9.17) is 4.74 Å². The molecule has 0 radical (unpaired) electrons. The first-order valence-corrected chi connectivity index (χ1v) is 19.9. The van der Waals surface area contributed by atoms with Gasteiger partial charge in [0.2, 0.25) is 5.91 Å². The second-order valence-electron chi connectivity index (χ2n) is 13.9. The predicted octanol–water partition coefficient (Wildman–Crippen LogP) is 4.96. The van der Waals surface area contributed by atoms with Gasteiger partial charge in [0, 0.05) is 48.4 Å². The largest absolute Gasteiger partial charge is 0.432 e. The molecule has 2 amide bonds. The number of ether oxygens (including phenoxy) is 1. The number of aliphatic hydroxyl groups excluding tert-OH is 1. The third-order valence-electron chi connectivity index (χ3n) is 10.5. The van der Waals surface area contributed by atoms with Crippen LogP contribution in [0.1, 0.15) is 54.5 Å². The van der Waals surface area contributed by atoms with Gasteiger partial charge in [-0.05, 0) is 55.3 Å². The average Bonchev–Trinajstić information content (AvgIpc) is 3.85. The summed E-state index contributed by atoms with van der Waals surface area (Å²) < 4.78 is 8.73. The summed E-state index contributed by atoms with van der Waals surface area (Å²) in [6.45, 7) is 7.41. The Morgan fingerprint density at radius 2 is 1.75 bits per heavy atom. The molecule has 10 nitrogen and oxygen atoms in total. The number of nitrogens with zero attached hydrogens (tertiary/aromatic N) is 5. The second kappa shape index (κ2) is 12.7.